The summed E-state index contributed by atoms with van der Waals surface area (Å²) in [5, 5.41) is -0.684. The third-order valence-electron chi connectivity index (χ3n) is 3.25. The monoisotopic (exact) mass is 280 g/mol. The quantitative estimate of drug-likeness (QED) is 0.662. The highest BCUT2D eigenvalue weighted by atomic mass is 35.5. The standard InChI is InChI=1S/C16H15ClF2/c1-9-7-10(2)14(11(3)8-9)15(17)12-5-4-6-13(18)16(12)19/h4-8,15H,1-3H3. The zero-order valence-corrected chi connectivity index (χ0v) is 11.9. The molecule has 0 aromatic heterocycles. The van der Waals surface area contributed by atoms with Gasteiger partial charge in [-0.1, -0.05) is 29.8 Å². The van der Waals surface area contributed by atoms with Gasteiger partial charge in [-0.2, -0.15) is 0 Å². The minimum atomic E-state index is -0.873. The molecule has 19 heavy (non-hydrogen) atoms. The summed E-state index contributed by atoms with van der Waals surface area (Å²) >= 11 is 6.37. The maximum Gasteiger partial charge on any atom is 0.163 e. The number of hydrogen-bond donors (Lipinski definition) is 0. The molecular formula is C16H15ClF2. The van der Waals surface area contributed by atoms with E-state index in [1.807, 2.05) is 32.9 Å². The Kier molecular flexibility index (Phi) is 3.91. The summed E-state index contributed by atoms with van der Waals surface area (Å²) in [5.74, 6) is -1.74. The first kappa shape index (κ1) is 14.0. The van der Waals surface area contributed by atoms with Crippen LogP contribution < -0.4 is 0 Å². The van der Waals surface area contributed by atoms with Crippen molar-refractivity contribution in [2.75, 3.05) is 0 Å². The van der Waals surface area contributed by atoms with E-state index in [0.29, 0.717) is 0 Å². The highest BCUT2D eigenvalue weighted by Crippen LogP contribution is 2.35. The van der Waals surface area contributed by atoms with Crippen molar-refractivity contribution in [3.05, 3.63) is 69.8 Å². The molecule has 0 radical (unpaired) electrons. The van der Waals surface area contributed by atoms with Crippen LogP contribution in [0.15, 0.2) is 30.3 Å². The normalized spacial score (nSPS) is 12.5. The van der Waals surface area contributed by atoms with Gasteiger partial charge in [0.05, 0.1) is 5.38 Å². The molecule has 2 aromatic carbocycles. The number of hydrogen-bond acceptors (Lipinski definition) is 0. The van der Waals surface area contributed by atoms with E-state index in [4.69, 9.17) is 11.6 Å². The van der Waals surface area contributed by atoms with Crippen LogP contribution in [0.2, 0.25) is 0 Å². The maximum atomic E-state index is 13.8. The molecule has 0 amide bonds. The van der Waals surface area contributed by atoms with Gasteiger partial charge in [0.25, 0.3) is 0 Å². The SMILES string of the molecule is Cc1cc(C)c(C(Cl)c2cccc(F)c2F)c(C)c1. The second kappa shape index (κ2) is 5.30. The van der Waals surface area contributed by atoms with Crippen molar-refractivity contribution < 1.29 is 8.78 Å². The summed E-state index contributed by atoms with van der Waals surface area (Å²) in [6, 6.07) is 8.08. The topological polar surface area (TPSA) is 0 Å². The zero-order chi connectivity index (χ0) is 14.2. The Morgan fingerprint density at radius 2 is 1.58 bits per heavy atom. The molecule has 0 N–H and O–H groups in total. The number of aryl methyl sites for hydroxylation is 3. The lowest BCUT2D eigenvalue weighted by molar-refractivity contribution is 0.500. The van der Waals surface area contributed by atoms with Gasteiger partial charge in [-0.15, -0.1) is 11.6 Å². The number of benzene rings is 2. The third-order valence-corrected chi connectivity index (χ3v) is 3.70. The molecule has 0 nitrogen and oxygen atoms in total. The average molecular weight is 281 g/mol. The molecule has 0 spiro atoms. The highest BCUT2D eigenvalue weighted by molar-refractivity contribution is 6.22. The zero-order valence-electron chi connectivity index (χ0n) is 11.1. The molecule has 3 heteroatoms. The van der Waals surface area contributed by atoms with Gasteiger partial charge in [-0.3, -0.25) is 0 Å². The summed E-state index contributed by atoms with van der Waals surface area (Å²) in [5.41, 5.74) is 4.12. The van der Waals surface area contributed by atoms with Crippen LogP contribution in [0.25, 0.3) is 0 Å². The van der Waals surface area contributed by atoms with Crippen molar-refractivity contribution in [3.8, 4) is 0 Å². The number of rotatable bonds is 2. The first-order valence-corrected chi connectivity index (χ1v) is 6.51. The van der Waals surface area contributed by atoms with Crippen molar-refractivity contribution in [2.45, 2.75) is 26.1 Å². The molecule has 0 aliphatic rings. The summed E-state index contributed by atoms with van der Waals surface area (Å²) < 4.78 is 27.1. The molecule has 0 saturated carbocycles. The van der Waals surface area contributed by atoms with Crippen LogP contribution >= 0.6 is 11.6 Å². The van der Waals surface area contributed by atoms with E-state index in [1.54, 1.807) is 0 Å². The van der Waals surface area contributed by atoms with Gasteiger partial charge in [0.15, 0.2) is 11.6 Å². The average Bonchev–Trinajstić information content (AvgIpc) is 2.31. The second-order valence-corrected chi connectivity index (χ2v) is 5.25. The van der Waals surface area contributed by atoms with E-state index in [0.717, 1.165) is 28.3 Å². The summed E-state index contributed by atoms with van der Waals surface area (Å²) in [6.07, 6.45) is 0. The van der Waals surface area contributed by atoms with E-state index >= 15 is 0 Å². The van der Waals surface area contributed by atoms with E-state index in [1.165, 1.54) is 12.1 Å². The summed E-state index contributed by atoms with van der Waals surface area (Å²) in [4.78, 5) is 0. The smallest absolute Gasteiger partial charge is 0.163 e. The molecule has 0 aliphatic heterocycles. The Hall–Kier alpha value is -1.41. The molecule has 1 atom stereocenters. The van der Waals surface area contributed by atoms with Crippen molar-refractivity contribution in [2.24, 2.45) is 0 Å². The number of halogens is 3. The van der Waals surface area contributed by atoms with Gasteiger partial charge in [0.1, 0.15) is 0 Å². The van der Waals surface area contributed by atoms with Gasteiger partial charge in [0, 0.05) is 5.56 Å². The van der Waals surface area contributed by atoms with Crippen LogP contribution in [0.3, 0.4) is 0 Å². The van der Waals surface area contributed by atoms with Gasteiger partial charge in [0.2, 0.25) is 0 Å². The molecule has 100 valence electrons. The minimum Gasteiger partial charge on any atom is -0.204 e. The lowest BCUT2D eigenvalue weighted by Crippen LogP contribution is -2.04. The first-order valence-electron chi connectivity index (χ1n) is 6.07. The Morgan fingerprint density at radius 3 is 2.16 bits per heavy atom. The van der Waals surface area contributed by atoms with Crippen LogP contribution in [0.4, 0.5) is 8.78 Å². The van der Waals surface area contributed by atoms with E-state index in [9.17, 15) is 8.78 Å². The lowest BCUT2D eigenvalue weighted by Gasteiger charge is -2.18. The summed E-state index contributed by atoms with van der Waals surface area (Å²) in [7, 11) is 0. The van der Waals surface area contributed by atoms with Crippen LogP contribution in [0, 0.1) is 32.4 Å². The summed E-state index contributed by atoms with van der Waals surface area (Å²) in [6.45, 7) is 5.86. The van der Waals surface area contributed by atoms with Crippen molar-refractivity contribution in [3.63, 3.8) is 0 Å². The van der Waals surface area contributed by atoms with Gasteiger partial charge in [-0.05, 0) is 43.5 Å². The lowest BCUT2D eigenvalue weighted by atomic mass is 9.93. The van der Waals surface area contributed by atoms with Crippen molar-refractivity contribution in [1.29, 1.82) is 0 Å². The van der Waals surface area contributed by atoms with Crippen LogP contribution in [0.5, 0.6) is 0 Å². The molecular weight excluding hydrogens is 266 g/mol. The third kappa shape index (κ3) is 2.64. The van der Waals surface area contributed by atoms with Crippen molar-refractivity contribution in [1.82, 2.24) is 0 Å². The van der Waals surface area contributed by atoms with Crippen molar-refractivity contribution >= 4 is 11.6 Å². The molecule has 0 saturated heterocycles. The van der Waals surface area contributed by atoms with E-state index in [-0.39, 0.29) is 5.56 Å². The van der Waals surface area contributed by atoms with Crippen LogP contribution in [0.1, 0.15) is 33.2 Å². The molecule has 2 aromatic rings. The molecule has 0 bridgehead atoms. The fraction of sp³-hybridized carbons (Fsp3) is 0.250. The predicted octanol–water partition coefficient (Wildman–Crippen LogP) is 5.22. The highest BCUT2D eigenvalue weighted by Gasteiger charge is 2.21. The largest absolute Gasteiger partial charge is 0.204 e. The predicted molar refractivity (Wildman–Crippen MR) is 74.7 cm³/mol. The number of alkyl halides is 1. The molecule has 0 aliphatic carbocycles. The Balaban J connectivity index is 2.56. The van der Waals surface area contributed by atoms with E-state index in [2.05, 4.69) is 0 Å². The van der Waals surface area contributed by atoms with Crippen LogP contribution in [-0.2, 0) is 0 Å². The van der Waals surface area contributed by atoms with E-state index < -0.39 is 17.0 Å². The fourth-order valence-electron chi connectivity index (χ4n) is 2.46. The Labute approximate surface area is 117 Å². The second-order valence-electron chi connectivity index (χ2n) is 4.82. The Bertz CT molecular complexity index is 597. The molecule has 0 heterocycles. The van der Waals surface area contributed by atoms with Crippen LogP contribution in [-0.4, -0.2) is 0 Å². The molecule has 1 unspecified atom stereocenters. The van der Waals surface area contributed by atoms with Gasteiger partial charge < -0.3 is 0 Å². The van der Waals surface area contributed by atoms with Gasteiger partial charge >= 0.3 is 0 Å². The minimum absolute atomic E-state index is 0.178. The molecule has 0 fully saturated rings. The molecule has 2 rings (SSSR count). The fourth-order valence-corrected chi connectivity index (χ4v) is 2.98. The Morgan fingerprint density at radius 1 is 1.00 bits per heavy atom. The first-order chi connectivity index (χ1) is 8.91. The van der Waals surface area contributed by atoms with Gasteiger partial charge in [-0.25, -0.2) is 8.78 Å². The maximum absolute atomic E-state index is 13.8.